The molecule has 104 valence electrons. The van der Waals surface area contributed by atoms with Crippen LogP contribution in [0.5, 0.6) is 0 Å². The number of hydrogen-bond acceptors (Lipinski definition) is 2. The lowest BCUT2D eigenvalue weighted by molar-refractivity contribution is -0.137. The normalized spacial score (nSPS) is 19.8. The Bertz CT molecular complexity index is 473. The molecule has 3 nitrogen and oxygen atoms in total. The molecule has 1 saturated heterocycles. The van der Waals surface area contributed by atoms with Crippen LogP contribution in [-0.2, 0) is 6.18 Å². The van der Waals surface area contributed by atoms with Crippen LogP contribution >= 0.6 is 0 Å². The molecule has 1 atom stereocenters. The first kappa shape index (κ1) is 13.9. The molecule has 1 aliphatic heterocycles. The standard InChI is InChI=1S/C13H15F3N2O/c1-17-11-5-6-18(8-11)12(19)9-3-2-4-10(7-9)13(14,15)16/h2-4,7,11,17H,5-6,8H2,1H3/t11-/m1/s1. The summed E-state index contributed by atoms with van der Waals surface area (Å²) in [5.41, 5.74) is -0.700. The van der Waals surface area contributed by atoms with Crippen molar-refractivity contribution in [3.63, 3.8) is 0 Å². The number of carbonyl (C=O) groups excluding carboxylic acids is 1. The fraction of sp³-hybridized carbons (Fsp3) is 0.462. The minimum atomic E-state index is -4.42. The predicted molar refractivity (Wildman–Crippen MR) is 64.8 cm³/mol. The topological polar surface area (TPSA) is 32.3 Å². The van der Waals surface area contributed by atoms with Crippen molar-refractivity contribution in [1.29, 1.82) is 0 Å². The Kier molecular flexibility index (Phi) is 3.80. The molecule has 2 rings (SSSR count). The molecule has 0 bridgehead atoms. The van der Waals surface area contributed by atoms with E-state index in [1.54, 1.807) is 4.90 Å². The van der Waals surface area contributed by atoms with Crippen molar-refractivity contribution in [2.45, 2.75) is 18.6 Å². The molecule has 1 aromatic carbocycles. The van der Waals surface area contributed by atoms with Gasteiger partial charge < -0.3 is 10.2 Å². The quantitative estimate of drug-likeness (QED) is 0.894. The van der Waals surface area contributed by atoms with Gasteiger partial charge in [0.2, 0.25) is 0 Å². The van der Waals surface area contributed by atoms with Crippen LogP contribution in [0.1, 0.15) is 22.3 Å². The lowest BCUT2D eigenvalue weighted by Gasteiger charge is -2.17. The summed E-state index contributed by atoms with van der Waals surface area (Å²) in [5.74, 6) is -0.344. The number of halogens is 3. The van der Waals surface area contributed by atoms with Gasteiger partial charge in [0.25, 0.3) is 5.91 Å². The highest BCUT2D eigenvalue weighted by Gasteiger charge is 2.32. The molecule has 1 fully saturated rings. The van der Waals surface area contributed by atoms with Crippen LogP contribution < -0.4 is 5.32 Å². The number of rotatable bonds is 2. The van der Waals surface area contributed by atoms with Crippen LogP contribution in [0.2, 0.25) is 0 Å². The highest BCUT2D eigenvalue weighted by molar-refractivity contribution is 5.94. The van der Waals surface area contributed by atoms with Crippen molar-refractivity contribution >= 4 is 5.91 Å². The molecule has 0 radical (unpaired) electrons. The summed E-state index contributed by atoms with van der Waals surface area (Å²) in [6, 6.07) is 4.78. The molecule has 19 heavy (non-hydrogen) atoms. The molecule has 0 saturated carbocycles. The monoisotopic (exact) mass is 272 g/mol. The van der Waals surface area contributed by atoms with Crippen LogP contribution in [-0.4, -0.2) is 37.0 Å². The van der Waals surface area contributed by atoms with E-state index in [2.05, 4.69) is 5.32 Å². The molecule has 0 aliphatic carbocycles. The molecular weight excluding hydrogens is 257 g/mol. The number of benzene rings is 1. The minimum Gasteiger partial charge on any atom is -0.337 e. The highest BCUT2D eigenvalue weighted by atomic mass is 19.4. The molecule has 1 aromatic rings. The summed E-state index contributed by atoms with van der Waals surface area (Å²) >= 11 is 0. The van der Waals surface area contributed by atoms with Gasteiger partial charge in [-0.05, 0) is 31.7 Å². The van der Waals surface area contributed by atoms with Gasteiger partial charge in [0.05, 0.1) is 5.56 Å². The van der Waals surface area contributed by atoms with Crippen molar-refractivity contribution in [1.82, 2.24) is 10.2 Å². The van der Waals surface area contributed by atoms with E-state index in [4.69, 9.17) is 0 Å². The average molecular weight is 272 g/mol. The summed E-state index contributed by atoms with van der Waals surface area (Å²) in [6.07, 6.45) is -3.60. The second-order valence-corrected chi connectivity index (χ2v) is 4.60. The Balaban J connectivity index is 2.16. The maximum Gasteiger partial charge on any atom is 0.416 e. The van der Waals surface area contributed by atoms with Gasteiger partial charge in [-0.1, -0.05) is 6.07 Å². The zero-order chi connectivity index (χ0) is 14.0. The Morgan fingerprint density at radius 2 is 2.16 bits per heavy atom. The number of amides is 1. The number of nitrogens with zero attached hydrogens (tertiary/aromatic N) is 1. The highest BCUT2D eigenvalue weighted by Crippen LogP contribution is 2.30. The van der Waals surface area contributed by atoms with Crippen molar-refractivity contribution < 1.29 is 18.0 Å². The first-order chi connectivity index (χ1) is 8.91. The van der Waals surface area contributed by atoms with Crippen molar-refractivity contribution in [3.8, 4) is 0 Å². The second kappa shape index (κ2) is 5.21. The maximum atomic E-state index is 12.6. The van der Waals surface area contributed by atoms with E-state index in [0.717, 1.165) is 18.6 Å². The fourth-order valence-corrected chi connectivity index (χ4v) is 2.19. The third-order valence-corrected chi connectivity index (χ3v) is 3.32. The molecule has 1 heterocycles. The Morgan fingerprint density at radius 1 is 1.42 bits per heavy atom. The van der Waals surface area contributed by atoms with Gasteiger partial charge in [0, 0.05) is 24.7 Å². The minimum absolute atomic E-state index is 0.0894. The van der Waals surface area contributed by atoms with Crippen LogP contribution in [0.15, 0.2) is 24.3 Å². The van der Waals surface area contributed by atoms with Gasteiger partial charge in [-0.25, -0.2) is 0 Å². The van der Waals surface area contributed by atoms with Gasteiger partial charge in [-0.2, -0.15) is 13.2 Å². The van der Waals surface area contributed by atoms with E-state index in [0.29, 0.717) is 13.1 Å². The molecule has 1 amide bonds. The number of likely N-dealkylation sites (tertiary alicyclic amines) is 1. The third-order valence-electron chi connectivity index (χ3n) is 3.32. The number of hydrogen-bond donors (Lipinski definition) is 1. The van der Waals surface area contributed by atoms with E-state index in [9.17, 15) is 18.0 Å². The van der Waals surface area contributed by atoms with Gasteiger partial charge in [-0.15, -0.1) is 0 Å². The summed E-state index contributed by atoms with van der Waals surface area (Å²) < 4.78 is 37.8. The zero-order valence-electron chi connectivity index (χ0n) is 10.5. The Morgan fingerprint density at radius 3 is 2.74 bits per heavy atom. The van der Waals surface area contributed by atoms with Crippen molar-refractivity contribution in [3.05, 3.63) is 35.4 Å². The van der Waals surface area contributed by atoms with Gasteiger partial charge in [0.15, 0.2) is 0 Å². The van der Waals surface area contributed by atoms with E-state index in [1.165, 1.54) is 12.1 Å². The molecule has 1 aliphatic rings. The summed E-state index contributed by atoms with van der Waals surface area (Å²) in [6.45, 7) is 1.10. The van der Waals surface area contributed by atoms with E-state index < -0.39 is 11.7 Å². The first-order valence-electron chi connectivity index (χ1n) is 6.05. The smallest absolute Gasteiger partial charge is 0.337 e. The first-order valence-corrected chi connectivity index (χ1v) is 6.05. The average Bonchev–Trinajstić information content (AvgIpc) is 2.86. The maximum absolute atomic E-state index is 12.6. The fourth-order valence-electron chi connectivity index (χ4n) is 2.19. The van der Waals surface area contributed by atoms with Crippen LogP contribution in [0.25, 0.3) is 0 Å². The van der Waals surface area contributed by atoms with Crippen LogP contribution in [0.4, 0.5) is 13.2 Å². The van der Waals surface area contributed by atoms with Crippen LogP contribution in [0.3, 0.4) is 0 Å². The zero-order valence-corrected chi connectivity index (χ0v) is 10.5. The number of alkyl halides is 3. The molecule has 0 spiro atoms. The third kappa shape index (κ3) is 3.07. The van der Waals surface area contributed by atoms with E-state index in [1.807, 2.05) is 7.05 Å². The molecule has 0 aromatic heterocycles. The second-order valence-electron chi connectivity index (χ2n) is 4.60. The van der Waals surface area contributed by atoms with Gasteiger partial charge in [-0.3, -0.25) is 4.79 Å². The molecule has 1 N–H and O–H groups in total. The van der Waals surface area contributed by atoms with E-state index >= 15 is 0 Å². The lowest BCUT2D eigenvalue weighted by Crippen LogP contribution is -2.33. The summed E-state index contributed by atoms with van der Waals surface area (Å²) in [5, 5.41) is 3.06. The van der Waals surface area contributed by atoms with Crippen molar-refractivity contribution in [2.75, 3.05) is 20.1 Å². The Hall–Kier alpha value is -1.56. The number of likely N-dealkylation sites (N-methyl/N-ethyl adjacent to an activating group) is 1. The van der Waals surface area contributed by atoms with Crippen molar-refractivity contribution in [2.24, 2.45) is 0 Å². The summed E-state index contributed by atoms with van der Waals surface area (Å²) in [7, 11) is 1.81. The van der Waals surface area contributed by atoms with E-state index in [-0.39, 0.29) is 17.5 Å². The number of carbonyl (C=O) groups is 1. The summed E-state index contributed by atoms with van der Waals surface area (Å²) in [4.78, 5) is 13.7. The lowest BCUT2D eigenvalue weighted by atomic mass is 10.1. The molecule has 0 unspecified atom stereocenters. The van der Waals surface area contributed by atoms with Crippen LogP contribution in [0, 0.1) is 0 Å². The number of nitrogens with one attached hydrogen (secondary N) is 1. The SMILES string of the molecule is CN[C@@H]1CCN(C(=O)c2cccc(C(F)(F)F)c2)C1. The Labute approximate surface area is 109 Å². The largest absolute Gasteiger partial charge is 0.416 e. The predicted octanol–water partition coefficient (Wildman–Crippen LogP) is 2.14. The van der Waals surface area contributed by atoms with Gasteiger partial charge in [0.1, 0.15) is 0 Å². The van der Waals surface area contributed by atoms with Gasteiger partial charge >= 0.3 is 6.18 Å². The molecule has 6 heteroatoms. The molecular formula is C13H15F3N2O.